The lowest BCUT2D eigenvalue weighted by Crippen LogP contribution is -2.28. The van der Waals surface area contributed by atoms with Crippen LogP contribution in [0, 0.1) is 0 Å². The third-order valence-electron chi connectivity index (χ3n) is 5.76. The van der Waals surface area contributed by atoms with Crippen molar-refractivity contribution in [2.75, 3.05) is 29.6 Å². The second-order valence-corrected chi connectivity index (χ2v) is 8.97. The van der Waals surface area contributed by atoms with Gasteiger partial charge < -0.3 is 26.0 Å². The zero-order valence-corrected chi connectivity index (χ0v) is 20.7. The summed E-state index contributed by atoms with van der Waals surface area (Å²) in [5.74, 6) is 0.675. The normalized spacial score (nSPS) is 14.2. The number of nitrogens with one attached hydrogen (secondary N) is 4. The Hall–Kier alpha value is -3.62. The van der Waals surface area contributed by atoms with Crippen molar-refractivity contribution in [1.29, 1.82) is 0 Å². The molecule has 5 rings (SSSR count). The lowest BCUT2D eigenvalue weighted by atomic mass is 10.1. The first kappa shape index (κ1) is 23.1. The van der Waals surface area contributed by atoms with Crippen LogP contribution in [0.2, 0.25) is 10.0 Å². The Morgan fingerprint density at radius 2 is 1.94 bits per heavy atom. The quantitative estimate of drug-likeness (QED) is 0.260. The van der Waals surface area contributed by atoms with E-state index in [0.29, 0.717) is 40.1 Å². The Morgan fingerprint density at radius 3 is 2.71 bits per heavy atom. The Morgan fingerprint density at radius 1 is 1.11 bits per heavy atom. The summed E-state index contributed by atoms with van der Waals surface area (Å²) in [4.78, 5) is 17.1. The maximum absolute atomic E-state index is 12.2. The van der Waals surface area contributed by atoms with Gasteiger partial charge in [-0.25, -0.2) is 9.78 Å². The van der Waals surface area contributed by atoms with E-state index in [1.54, 1.807) is 13.2 Å². The van der Waals surface area contributed by atoms with E-state index >= 15 is 0 Å². The molecule has 0 spiro atoms. The molecule has 1 aliphatic rings. The van der Waals surface area contributed by atoms with Crippen LogP contribution in [-0.4, -0.2) is 35.2 Å². The molecule has 2 aromatic carbocycles. The molecule has 0 fully saturated rings. The first-order valence-corrected chi connectivity index (χ1v) is 11.9. The predicted octanol–water partition coefficient (Wildman–Crippen LogP) is 5.86. The number of rotatable bonds is 6. The van der Waals surface area contributed by atoms with E-state index in [9.17, 15) is 4.79 Å². The molecule has 0 aliphatic carbocycles. The number of carbonyl (C=O) groups is 1. The number of aromatic nitrogens is 2. The van der Waals surface area contributed by atoms with Gasteiger partial charge in [0, 0.05) is 29.7 Å². The van der Waals surface area contributed by atoms with Crippen molar-refractivity contribution in [3.05, 3.63) is 70.5 Å². The van der Waals surface area contributed by atoms with E-state index < -0.39 is 0 Å². The highest BCUT2D eigenvalue weighted by Crippen LogP contribution is 2.35. The molecule has 0 saturated carbocycles. The third kappa shape index (κ3) is 4.67. The summed E-state index contributed by atoms with van der Waals surface area (Å²) in [7, 11) is 1.60. The van der Waals surface area contributed by atoms with Gasteiger partial charge in [0.25, 0.3) is 0 Å². The molecular weight excluding hydrogens is 487 g/mol. The van der Waals surface area contributed by atoms with Crippen LogP contribution in [0.25, 0.3) is 16.9 Å². The van der Waals surface area contributed by atoms with E-state index in [1.165, 1.54) is 0 Å². The van der Waals surface area contributed by atoms with E-state index in [2.05, 4.69) is 21.3 Å². The molecule has 8 nitrogen and oxygen atoms in total. The fraction of sp³-hybridized carbons (Fsp3) is 0.200. The van der Waals surface area contributed by atoms with E-state index in [-0.39, 0.29) is 12.2 Å². The van der Waals surface area contributed by atoms with Gasteiger partial charge in [0.05, 0.1) is 40.6 Å². The molecule has 1 unspecified atom stereocenters. The number of halogens is 2. The van der Waals surface area contributed by atoms with Gasteiger partial charge in [-0.2, -0.15) is 0 Å². The van der Waals surface area contributed by atoms with Crippen LogP contribution in [-0.2, 0) is 6.42 Å². The van der Waals surface area contributed by atoms with Crippen molar-refractivity contribution in [2.24, 2.45) is 0 Å². The number of methoxy groups -OCH3 is 1. The molecule has 3 heterocycles. The van der Waals surface area contributed by atoms with Gasteiger partial charge in [-0.3, -0.25) is 4.40 Å². The number of imidazole rings is 1. The molecule has 1 atom stereocenters. The van der Waals surface area contributed by atoms with Gasteiger partial charge in [0.15, 0.2) is 5.65 Å². The summed E-state index contributed by atoms with van der Waals surface area (Å²) in [6, 6.07) is 14.7. The van der Waals surface area contributed by atoms with Crippen LogP contribution in [0.5, 0.6) is 5.75 Å². The molecule has 4 N–H and O–H groups in total. The third-order valence-corrected chi connectivity index (χ3v) is 6.30. The van der Waals surface area contributed by atoms with E-state index in [0.717, 1.165) is 28.3 Å². The monoisotopic (exact) mass is 510 g/mol. The Kier molecular flexibility index (Phi) is 6.32. The zero-order valence-electron chi connectivity index (χ0n) is 19.2. The van der Waals surface area contributed by atoms with Crippen LogP contribution in [0.15, 0.2) is 54.7 Å². The number of benzene rings is 2. The predicted molar refractivity (Wildman–Crippen MR) is 141 cm³/mol. The fourth-order valence-electron chi connectivity index (χ4n) is 4.18. The summed E-state index contributed by atoms with van der Waals surface area (Å²) in [6.07, 6.45) is 2.51. The number of ether oxygens (including phenoxy) is 1. The minimum absolute atomic E-state index is 0.0544. The molecule has 10 heteroatoms. The Bertz CT molecular complexity index is 1420. The number of fused-ring (bicyclic) bond motifs is 2. The number of urea groups is 1. The summed E-state index contributed by atoms with van der Waals surface area (Å²) in [5, 5.41) is 13.8. The minimum atomic E-state index is -0.291. The van der Waals surface area contributed by atoms with Crippen LogP contribution in [0.1, 0.15) is 12.6 Å². The molecule has 2 amide bonds. The summed E-state index contributed by atoms with van der Waals surface area (Å²) in [5.41, 5.74) is 5.67. The van der Waals surface area contributed by atoms with Crippen LogP contribution in [0.3, 0.4) is 0 Å². The van der Waals surface area contributed by atoms with Gasteiger partial charge in [-0.1, -0.05) is 23.2 Å². The van der Waals surface area contributed by atoms with Crippen LogP contribution < -0.4 is 26.0 Å². The SMILES string of the molecule is CCNC(=O)Nc1ccc(-c2ccc(OC)cc2Cl)n2cc(CC3Nc4ccc(Cl)cc4N3)nc12. The average Bonchev–Trinajstić information content (AvgIpc) is 3.43. The first-order valence-electron chi connectivity index (χ1n) is 11.2. The number of hydrogen-bond acceptors (Lipinski definition) is 5. The van der Waals surface area contributed by atoms with Gasteiger partial charge in [0.1, 0.15) is 11.9 Å². The number of hydrogen-bond donors (Lipinski definition) is 4. The zero-order chi connectivity index (χ0) is 24.5. The maximum Gasteiger partial charge on any atom is 0.319 e. The smallest absolute Gasteiger partial charge is 0.319 e. The molecule has 0 radical (unpaired) electrons. The van der Waals surface area contributed by atoms with Crippen LogP contribution >= 0.6 is 23.2 Å². The molecule has 0 bridgehead atoms. The standard InChI is InChI=1S/C25H24Cl2N6O2/c1-3-28-25(34)32-20-8-9-22(17-6-5-16(35-2)12-18(17)27)33-13-15(29-24(20)33)11-23-30-19-7-4-14(26)10-21(19)31-23/h4-10,12-13,23,30-31H,3,11H2,1-2H3,(H2,28,32,34). The van der Waals surface area contributed by atoms with Crippen molar-refractivity contribution in [3.63, 3.8) is 0 Å². The molecule has 1 aliphatic heterocycles. The Balaban J connectivity index is 1.52. The molecule has 2 aromatic heterocycles. The van der Waals surface area contributed by atoms with Crippen LogP contribution in [0.4, 0.5) is 21.9 Å². The number of carbonyl (C=O) groups excluding carboxylic acids is 1. The van der Waals surface area contributed by atoms with Crippen molar-refractivity contribution in [2.45, 2.75) is 19.5 Å². The lowest BCUT2D eigenvalue weighted by molar-refractivity contribution is 0.252. The molecule has 180 valence electrons. The minimum Gasteiger partial charge on any atom is -0.497 e. The fourth-order valence-corrected chi connectivity index (χ4v) is 4.62. The van der Waals surface area contributed by atoms with Gasteiger partial charge in [-0.15, -0.1) is 0 Å². The second-order valence-electron chi connectivity index (χ2n) is 8.12. The molecule has 0 saturated heterocycles. The van der Waals surface area contributed by atoms with Gasteiger partial charge in [0.2, 0.25) is 0 Å². The Labute approximate surface area is 212 Å². The molecule has 35 heavy (non-hydrogen) atoms. The van der Waals surface area contributed by atoms with Gasteiger partial charge in [-0.05, 0) is 55.5 Å². The van der Waals surface area contributed by atoms with Crippen molar-refractivity contribution < 1.29 is 9.53 Å². The van der Waals surface area contributed by atoms with E-state index in [4.69, 9.17) is 32.9 Å². The molecule has 4 aromatic rings. The average molecular weight is 511 g/mol. The van der Waals surface area contributed by atoms with Gasteiger partial charge >= 0.3 is 6.03 Å². The topological polar surface area (TPSA) is 91.7 Å². The van der Waals surface area contributed by atoms with Crippen molar-refractivity contribution >= 4 is 51.9 Å². The van der Waals surface area contributed by atoms with E-state index in [1.807, 2.05) is 60.0 Å². The summed E-state index contributed by atoms with van der Waals surface area (Å²) >= 11 is 12.7. The van der Waals surface area contributed by atoms with Crippen molar-refractivity contribution in [3.8, 4) is 17.0 Å². The number of amides is 2. The maximum atomic E-state index is 12.2. The largest absolute Gasteiger partial charge is 0.497 e. The highest BCUT2D eigenvalue weighted by Gasteiger charge is 2.22. The number of nitrogens with zero attached hydrogens (tertiary/aromatic N) is 2. The second kappa shape index (κ2) is 9.56. The summed E-state index contributed by atoms with van der Waals surface area (Å²) in [6.45, 7) is 2.38. The first-order chi connectivity index (χ1) is 16.9. The van der Waals surface area contributed by atoms with Crippen molar-refractivity contribution in [1.82, 2.24) is 14.7 Å². The molecular formula is C25H24Cl2N6O2. The highest BCUT2D eigenvalue weighted by atomic mass is 35.5. The number of anilines is 3. The number of pyridine rings is 1. The highest BCUT2D eigenvalue weighted by molar-refractivity contribution is 6.33. The lowest BCUT2D eigenvalue weighted by Gasteiger charge is -2.12. The summed E-state index contributed by atoms with van der Waals surface area (Å²) < 4.78 is 7.24.